The first-order valence-electron chi connectivity index (χ1n) is 11.5. The summed E-state index contributed by atoms with van der Waals surface area (Å²) in [7, 11) is 0. The summed E-state index contributed by atoms with van der Waals surface area (Å²) in [5.41, 5.74) is 1.77. The lowest BCUT2D eigenvalue weighted by Crippen LogP contribution is -2.36. The fourth-order valence-corrected chi connectivity index (χ4v) is 6.13. The highest BCUT2D eigenvalue weighted by atomic mass is 32.2. The first-order valence-corrected chi connectivity index (χ1v) is 13.2. The number of para-hydroxylation sites is 1. The molecule has 1 aliphatic rings. The smallest absolute Gasteiger partial charge is 0.341 e. The van der Waals surface area contributed by atoms with Gasteiger partial charge in [-0.15, -0.1) is 11.3 Å². The lowest BCUT2D eigenvalue weighted by atomic mass is 10.0. The van der Waals surface area contributed by atoms with E-state index in [0.29, 0.717) is 42.2 Å². The van der Waals surface area contributed by atoms with Gasteiger partial charge in [-0.05, 0) is 41.8 Å². The minimum absolute atomic E-state index is 0.0476. The molecular weight excluding hydrogens is 504 g/mol. The van der Waals surface area contributed by atoms with E-state index in [0.717, 1.165) is 22.2 Å². The highest BCUT2D eigenvalue weighted by Crippen LogP contribution is 2.38. The zero-order valence-corrected chi connectivity index (χ0v) is 21.7. The van der Waals surface area contributed by atoms with Crippen molar-refractivity contribution in [2.24, 2.45) is 0 Å². The number of hydrogen-bond donors (Lipinski definition) is 1. The Hall–Kier alpha value is -3.38. The summed E-state index contributed by atoms with van der Waals surface area (Å²) < 4.78 is 11.5. The molecule has 0 aliphatic carbocycles. The molecule has 0 saturated carbocycles. The first kappa shape index (κ1) is 25.7. The topological polar surface area (TPSA) is 129 Å². The van der Waals surface area contributed by atoms with Crippen LogP contribution in [0.3, 0.4) is 0 Å². The number of benzene rings is 1. The van der Waals surface area contributed by atoms with E-state index in [9.17, 15) is 19.5 Å². The fourth-order valence-electron chi connectivity index (χ4n) is 3.90. The lowest BCUT2D eigenvalue weighted by Gasteiger charge is -2.25. The monoisotopic (exact) mass is 530 g/mol. The summed E-state index contributed by atoms with van der Waals surface area (Å²) in [6.45, 7) is 6.12. The molecule has 36 heavy (non-hydrogen) atoms. The van der Waals surface area contributed by atoms with Crippen LogP contribution < -0.4 is 15.1 Å². The van der Waals surface area contributed by atoms with Crippen LogP contribution in [-0.2, 0) is 27.3 Å². The summed E-state index contributed by atoms with van der Waals surface area (Å²) in [4.78, 5) is 40.6. The molecule has 1 N–H and O–H groups in total. The van der Waals surface area contributed by atoms with Crippen LogP contribution in [0.15, 0.2) is 39.9 Å². The number of nitrogens with one attached hydrogen (secondary N) is 1. The van der Waals surface area contributed by atoms with Gasteiger partial charge in [0.1, 0.15) is 5.00 Å². The van der Waals surface area contributed by atoms with E-state index in [1.807, 2.05) is 25.1 Å². The van der Waals surface area contributed by atoms with Crippen molar-refractivity contribution in [1.29, 1.82) is 0 Å². The van der Waals surface area contributed by atoms with Crippen molar-refractivity contribution in [3.05, 3.63) is 46.3 Å². The van der Waals surface area contributed by atoms with Crippen molar-refractivity contribution >= 4 is 45.9 Å². The average molecular weight is 531 g/mol. The molecule has 0 saturated heterocycles. The maximum absolute atomic E-state index is 13.3. The van der Waals surface area contributed by atoms with Crippen LogP contribution in [0.1, 0.15) is 48.0 Å². The number of anilines is 1. The Labute approximate surface area is 216 Å². The third kappa shape index (κ3) is 5.24. The van der Waals surface area contributed by atoms with Gasteiger partial charge in [-0.25, -0.2) is 4.79 Å². The number of carbonyl (C=O) groups excluding carboxylic acids is 3. The van der Waals surface area contributed by atoms with Gasteiger partial charge < -0.3 is 24.6 Å². The molecule has 12 heteroatoms. The van der Waals surface area contributed by atoms with E-state index in [4.69, 9.17) is 9.26 Å². The highest BCUT2D eigenvalue weighted by molar-refractivity contribution is 8.00. The minimum atomic E-state index is -0.657. The van der Waals surface area contributed by atoms with Crippen LogP contribution in [0.5, 0.6) is 5.95 Å². The van der Waals surface area contributed by atoms with Crippen molar-refractivity contribution in [2.45, 2.75) is 50.4 Å². The van der Waals surface area contributed by atoms with Crippen LogP contribution in [0.2, 0.25) is 0 Å². The lowest BCUT2D eigenvalue weighted by molar-refractivity contribution is -0.705. The third-order valence-corrected chi connectivity index (χ3v) is 8.24. The number of thiophene rings is 1. The summed E-state index contributed by atoms with van der Waals surface area (Å²) in [5, 5.41) is 19.0. The molecule has 1 atom stereocenters. The van der Waals surface area contributed by atoms with Gasteiger partial charge in [0.15, 0.2) is 5.95 Å². The molecule has 0 spiro atoms. The van der Waals surface area contributed by atoms with Crippen molar-refractivity contribution in [3.63, 3.8) is 0 Å². The second-order valence-corrected chi connectivity index (χ2v) is 10.3. The molecule has 0 bridgehead atoms. The summed E-state index contributed by atoms with van der Waals surface area (Å²) in [6, 6.07) is 9.01. The van der Waals surface area contributed by atoms with Gasteiger partial charge in [-0.1, -0.05) is 25.1 Å². The van der Waals surface area contributed by atoms with Crippen molar-refractivity contribution in [3.8, 4) is 11.6 Å². The second-order valence-electron chi connectivity index (χ2n) is 8.04. The van der Waals surface area contributed by atoms with E-state index < -0.39 is 17.2 Å². The number of hydrogen-bond acceptors (Lipinski definition) is 9. The predicted molar refractivity (Wildman–Crippen MR) is 131 cm³/mol. The number of nitrogens with zero attached hydrogens (tertiary/aromatic N) is 3. The van der Waals surface area contributed by atoms with Gasteiger partial charge in [0.2, 0.25) is 17.5 Å². The number of aromatic nitrogens is 2. The largest absolute Gasteiger partial charge is 0.538 e. The molecule has 3 heterocycles. The van der Waals surface area contributed by atoms with E-state index in [-0.39, 0.29) is 23.4 Å². The van der Waals surface area contributed by atoms with Gasteiger partial charge in [-0.2, -0.15) is 0 Å². The number of fused-ring (bicyclic) bond motifs is 1. The van der Waals surface area contributed by atoms with Gasteiger partial charge in [-0.3, -0.25) is 9.59 Å². The summed E-state index contributed by atoms with van der Waals surface area (Å²) >= 11 is 2.32. The fraction of sp³-hybridized carbons (Fsp3) is 0.375. The Morgan fingerprint density at radius 3 is 2.72 bits per heavy atom. The number of ether oxygens (including phenoxy) is 1. The maximum Gasteiger partial charge on any atom is 0.341 e. The Bertz CT molecular complexity index is 1270. The molecule has 190 valence electrons. The molecule has 1 aromatic carbocycles. The van der Waals surface area contributed by atoms with Crippen LogP contribution >= 0.6 is 23.1 Å². The third-order valence-electron chi connectivity index (χ3n) is 5.71. The van der Waals surface area contributed by atoms with Crippen LogP contribution in [0, 0.1) is 0 Å². The number of amides is 2. The Balaban J connectivity index is 1.60. The molecule has 2 aromatic heterocycles. The second kappa shape index (κ2) is 11.1. The van der Waals surface area contributed by atoms with E-state index >= 15 is 0 Å². The minimum Gasteiger partial charge on any atom is -0.538 e. The first-order chi connectivity index (χ1) is 17.3. The van der Waals surface area contributed by atoms with E-state index in [2.05, 4.69) is 10.6 Å². The van der Waals surface area contributed by atoms with E-state index in [1.54, 1.807) is 24.0 Å². The molecule has 10 nitrogen and oxygen atoms in total. The molecule has 3 aromatic rings. The molecular formula is C24H26N4O6S2. The highest BCUT2D eigenvalue weighted by Gasteiger charge is 2.33. The van der Waals surface area contributed by atoms with Gasteiger partial charge in [0, 0.05) is 30.5 Å². The van der Waals surface area contributed by atoms with Crippen molar-refractivity contribution in [2.75, 3.05) is 18.5 Å². The van der Waals surface area contributed by atoms with Crippen LogP contribution in [0.4, 0.5) is 5.00 Å². The molecule has 1 aliphatic heterocycles. The SMILES string of the molecule is CCOC(=O)c1c(NC(=O)C(CC)Sc2c([O-])on[n+]2-c2ccccc2)sc2c1CCN(C(C)=O)C2. The van der Waals surface area contributed by atoms with Crippen LogP contribution in [0.25, 0.3) is 5.69 Å². The summed E-state index contributed by atoms with van der Waals surface area (Å²) in [6.07, 6.45) is 0.909. The standard InChI is InChI=1S/C24H26N4O6S2/c1-4-17(36-22-24(32)34-26-28(22)15-9-7-6-8-10-15)20(30)25-21-19(23(31)33-5-2)16-11-12-27(14(3)29)13-18(16)35-21/h6-10,17H,4-5,11-13H2,1-3H3,(H-,25,26,30,31,32). The number of esters is 1. The normalized spacial score (nSPS) is 13.7. The molecule has 0 fully saturated rings. The summed E-state index contributed by atoms with van der Waals surface area (Å²) in [5.74, 6) is -1.56. The van der Waals surface area contributed by atoms with Crippen LogP contribution in [-0.4, -0.2) is 46.4 Å². The van der Waals surface area contributed by atoms with Gasteiger partial charge >= 0.3 is 5.97 Å². The molecule has 1 unspecified atom stereocenters. The average Bonchev–Trinajstić information content (AvgIpc) is 3.41. The quantitative estimate of drug-likeness (QED) is 0.267. The zero-order valence-electron chi connectivity index (χ0n) is 20.1. The predicted octanol–water partition coefficient (Wildman–Crippen LogP) is 2.68. The van der Waals surface area contributed by atoms with Crippen molar-refractivity contribution in [1.82, 2.24) is 10.2 Å². The van der Waals surface area contributed by atoms with E-state index in [1.165, 1.54) is 22.9 Å². The molecule has 2 amide bonds. The Morgan fingerprint density at radius 1 is 1.31 bits per heavy atom. The molecule has 0 radical (unpaired) electrons. The Morgan fingerprint density at radius 2 is 2.06 bits per heavy atom. The number of carbonyl (C=O) groups is 3. The molecule has 4 rings (SSSR count). The zero-order chi connectivity index (χ0) is 25.8. The van der Waals surface area contributed by atoms with Crippen molar-refractivity contribution < 1.29 is 33.4 Å². The van der Waals surface area contributed by atoms with Gasteiger partial charge in [0.25, 0.3) is 5.03 Å². The number of thioether (sulfide) groups is 1. The Kier molecular flexibility index (Phi) is 7.94. The maximum atomic E-state index is 13.3. The van der Waals surface area contributed by atoms with Gasteiger partial charge in [0.05, 0.1) is 29.2 Å². The number of rotatable bonds is 8.